The molecule has 0 radical (unpaired) electrons. The first-order valence-electron chi connectivity index (χ1n) is 9.69. The van der Waals surface area contributed by atoms with Gasteiger partial charge >= 0.3 is 10.1 Å². The minimum absolute atomic E-state index is 0.0543. The number of thiocarbonyl (C=S) groups is 1. The van der Waals surface area contributed by atoms with Crippen LogP contribution in [0.3, 0.4) is 0 Å². The van der Waals surface area contributed by atoms with Crippen LogP contribution in [-0.4, -0.2) is 37.2 Å². The third-order valence-electron chi connectivity index (χ3n) is 4.89. The van der Waals surface area contributed by atoms with E-state index >= 15 is 0 Å². The van der Waals surface area contributed by atoms with Gasteiger partial charge in [0.15, 0.2) is 11.5 Å². The Balaban J connectivity index is 1.66. The smallest absolute Gasteiger partial charge is 0.339 e. The van der Waals surface area contributed by atoms with Gasteiger partial charge < -0.3 is 8.92 Å². The summed E-state index contributed by atoms with van der Waals surface area (Å²) in [5, 5.41) is 1.37. The molecule has 9 heteroatoms. The largest absolute Gasteiger partial charge is 0.493 e. The van der Waals surface area contributed by atoms with E-state index in [4.69, 9.17) is 21.1 Å². The lowest BCUT2D eigenvalue weighted by molar-refractivity contribution is -0.121. The fourth-order valence-electron chi connectivity index (χ4n) is 3.34. The number of rotatable bonds is 6. The third kappa shape index (κ3) is 4.23. The van der Waals surface area contributed by atoms with Gasteiger partial charge in [-0.1, -0.05) is 66.4 Å². The van der Waals surface area contributed by atoms with Crippen LogP contribution < -0.4 is 8.92 Å². The quantitative estimate of drug-likeness (QED) is 0.281. The lowest BCUT2D eigenvalue weighted by Crippen LogP contribution is -2.27. The van der Waals surface area contributed by atoms with E-state index in [2.05, 4.69) is 0 Å². The zero-order valence-corrected chi connectivity index (χ0v) is 19.7. The number of methoxy groups -OCH3 is 1. The van der Waals surface area contributed by atoms with Crippen molar-refractivity contribution in [2.24, 2.45) is 0 Å². The van der Waals surface area contributed by atoms with Gasteiger partial charge in [0.2, 0.25) is 0 Å². The van der Waals surface area contributed by atoms with E-state index in [9.17, 15) is 13.2 Å². The molecule has 3 aromatic rings. The molecule has 0 spiro atoms. The lowest BCUT2D eigenvalue weighted by Gasteiger charge is -2.13. The number of thioether (sulfide) groups is 1. The first kappa shape index (κ1) is 22.3. The van der Waals surface area contributed by atoms with Gasteiger partial charge in [0.25, 0.3) is 5.91 Å². The van der Waals surface area contributed by atoms with Crippen molar-refractivity contribution >= 4 is 61.2 Å². The topological polar surface area (TPSA) is 72.9 Å². The number of benzene rings is 3. The summed E-state index contributed by atoms with van der Waals surface area (Å²) in [5.74, 6) is 0.132. The highest BCUT2D eigenvalue weighted by Gasteiger charge is 2.30. The van der Waals surface area contributed by atoms with E-state index in [0.29, 0.717) is 26.7 Å². The molecule has 1 saturated heterocycles. The number of fused-ring (bicyclic) bond motifs is 1. The molecule has 1 heterocycles. The number of hydrogen-bond acceptors (Lipinski definition) is 7. The monoisotopic (exact) mass is 485 g/mol. The van der Waals surface area contributed by atoms with E-state index in [0.717, 1.165) is 5.39 Å². The Hall–Kier alpha value is -2.88. The Kier molecular flexibility index (Phi) is 6.23. The van der Waals surface area contributed by atoms with Gasteiger partial charge in [-0.05, 0) is 42.1 Å². The van der Waals surface area contributed by atoms with E-state index < -0.39 is 10.1 Å². The Morgan fingerprint density at radius 1 is 1.06 bits per heavy atom. The standard InChI is InChI=1S/C23H19NO5S3/c1-3-24-22(25)20(31-23(24)30)14-15-11-12-18(19(13-15)28-2)29-32(26,27)21-10-6-8-16-7-4-5-9-17(16)21/h4-14H,3H2,1-2H3/b20-14+. The highest BCUT2D eigenvalue weighted by Crippen LogP contribution is 2.36. The van der Waals surface area contributed by atoms with Crippen molar-refractivity contribution in [3.63, 3.8) is 0 Å². The van der Waals surface area contributed by atoms with Crippen molar-refractivity contribution in [2.45, 2.75) is 11.8 Å². The minimum atomic E-state index is -4.11. The van der Waals surface area contributed by atoms with Crippen LogP contribution in [0.4, 0.5) is 0 Å². The maximum Gasteiger partial charge on any atom is 0.339 e. The zero-order valence-electron chi connectivity index (χ0n) is 17.3. The number of nitrogens with zero attached hydrogens (tertiary/aromatic N) is 1. The molecule has 0 unspecified atom stereocenters. The van der Waals surface area contributed by atoms with E-state index in [1.54, 1.807) is 36.4 Å². The molecule has 0 saturated carbocycles. The zero-order chi connectivity index (χ0) is 22.9. The van der Waals surface area contributed by atoms with E-state index in [1.807, 2.05) is 25.1 Å². The molecular weight excluding hydrogens is 466 g/mol. The van der Waals surface area contributed by atoms with Crippen LogP contribution >= 0.6 is 24.0 Å². The van der Waals surface area contributed by atoms with Crippen molar-refractivity contribution in [3.05, 3.63) is 71.1 Å². The molecule has 0 N–H and O–H groups in total. The van der Waals surface area contributed by atoms with Gasteiger partial charge in [0.1, 0.15) is 9.22 Å². The molecule has 0 aliphatic carbocycles. The fraction of sp³-hybridized carbons (Fsp3) is 0.130. The normalized spacial score (nSPS) is 15.6. The SMILES string of the molecule is CCN1C(=O)/C(=C\c2ccc(OS(=O)(=O)c3cccc4ccccc34)c(OC)c2)SC1=S. The van der Waals surface area contributed by atoms with E-state index in [-0.39, 0.29) is 22.3 Å². The summed E-state index contributed by atoms with van der Waals surface area (Å²) >= 11 is 6.46. The summed E-state index contributed by atoms with van der Waals surface area (Å²) in [5.41, 5.74) is 0.661. The summed E-state index contributed by atoms with van der Waals surface area (Å²) in [6.45, 7) is 2.36. The second-order valence-electron chi connectivity index (χ2n) is 6.85. The van der Waals surface area contributed by atoms with Crippen molar-refractivity contribution in [3.8, 4) is 11.5 Å². The van der Waals surface area contributed by atoms with Crippen LogP contribution in [0.2, 0.25) is 0 Å². The first-order chi connectivity index (χ1) is 15.3. The number of carbonyl (C=O) groups excluding carboxylic acids is 1. The number of carbonyl (C=O) groups is 1. The molecular formula is C23H19NO5S3. The number of ether oxygens (including phenoxy) is 1. The van der Waals surface area contributed by atoms with Gasteiger partial charge in [-0.2, -0.15) is 8.42 Å². The molecule has 0 atom stereocenters. The first-order valence-corrected chi connectivity index (χ1v) is 12.3. The summed E-state index contributed by atoms with van der Waals surface area (Å²) in [6, 6.07) is 17.0. The third-order valence-corrected chi connectivity index (χ3v) is 7.57. The molecule has 1 fully saturated rings. The van der Waals surface area contributed by atoms with Gasteiger partial charge in [0, 0.05) is 11.9 Å². The average molecular weight is 486 g/mol. The summed E-state index contributed by atoms with van der Waals surface area (Å²) in [4.78, 5) is 14.5. The van der Waals surface area contributed by atoms with Crippen LogP contribution in [0.5, 0.6) is 11.5 Å². The summed E-state index contributed by atoms with van der Waals surface area (Å²) in [7, 11) is -2.69. The average Bonchev–Trinajstić information content (AvgIpc) is 3.06. The fourth-order valence-corrected chi connectivity index (χ4v) is 5.89. The molecule has 164 valence electrons. The summed E-state index contributed by atoms with van der Waals surface area (Å²) in [6.07, 6.45) is 1.69. The molecule has 4 rings (SSSR count). The van der Waals surface area contributed by atoms with E-state index in [1.165, 1.54) is 35.9 Å². The Labute approximate surface area is 195 Å². The molecule has 1 aliphatic rings. The van der Waals surface area contributed by atoms with Gasteiger partial charge in [-0.3, -0.25) is 9.69 Å². The molecule has 0 aromatic heterocycles. The molecule has 3 aromatic carbocycles. The maximum atomic E-state index is 13.0. The Bertz CT molecular complexity index is 1360. The predicted molar refractivity (Wildman–Crippen MR) is 130 cm³/mol. The lowest BCUT2D eigenvalue weighted by atomic mass is 10.1. The van der Waals surface area contributed by atoms with Crippen molar-refractivity contribution in [1.82, 2.24) is 4.90 Å². The molecule has 6 nitrogen and oxygen atoms in total. The second-order valence-corrected chi connectivity index (χ2v) is 10.0. The minimum Gasteiger partial charge on any atom is -0.493 e. The van der Waals surface area contributed by atoms with Crippen LogP contribution in [0.1, 0.15) is 12.5 Å². The second kappa shape index (κ2) is 8.93. The molecule has 1 amide bonds. The number of amides is 1. The van der Waals surface area contributed by atoms with Crippen LogP contribution in [0.25, 0.3) is 16.8 Å². The van der Waals surface area contributed by atoms with Crippen molar-refractivity contribution < 1.29 is 22.1 Å². The van der Waals surface area contributed by atoms with Crippen LogP contribution in [0.15, 0.2) is 70.5 Å². The van der Waals surface area contributed by atoms with Crippen molar-refractivity contribution in [2.75, 3.05) is 13.7 Å². The maximum absolute atomic E-state index is 13.0. The van der Waals surface area contributed by atoms with Gasteiger partial charge in [0.05, 0.1) is 12.0 Å². The van der Waals surface area contributed by atoms with Crippen LogP contribution in [0, 0.1) is 0 Å². The highest BCUT2D eigenvalue weighted by atomic mass is 32.2. The molecule has 32 heavy (non-hydrogen) atoms. The van der Waals surface area contributed by atoms with Gasteiger partial charge in [-0.25, -0.2) is 0 Å². The highest BCUT2D eigenvalue weighted by molar-refractivity contribution is 8.26. The van der Waals surface area contributed by atoms with Crippen molar-refractivity contribution in [1.29, 1.82) is 0 Å². The van der Waals surface area contributed by atoms with Gasteiger partial charge in [-0.15, -0.1) is 0 Å². The molecule has 0 bridgehead atoms. The van der Waals surface area contributed by atoms with Crippen LogP contribution in [-0.2, 0) is 14.9 Å². The predicted octanol–water partition coefficient (Wildman–Crippen LogP) is 4.84. The Morgan fingerprint density at radius 3 is 2.53 bits per heavy atom. The number of likely N-dealkylation sites (N-methyl/N-ethyl adjacent to an activating group) is 1. The Morgan fingerprint density at radius 2 is 1.81 bits per heavy atom. The summed E-state index contributed by atoms with van der Waals surface area (Å²) < 4.78 is 37.4. The number of hydrogen-bond donors (Lipinski definition) is 0. The molecule has 1 aliphatic heterocycles.